The monoisotopic (exact) mass is 320 g/mol. The van der Waals surface area contributed by atoms with E-state index in [0.29, 0.717) is 12.0 Å². The normalized spacial score (nSPS) is 35.1. The SMILES string of the molecule is CC1C=CC=C(C2(C)C3CC(C(C)(C)c4ccccc4)=NCN32)C1. The lowest BCUT2D eigenvalue weighted by Gasteiger charge is -2.29. The molecule has 0 saturated carbocycles. The van der Waals surface area contributed by atoms with Gasteiger partial charge < -0.3 is 0 Å². The third-order valence-electron chi connectivity index (χ3n) is 6.50. The van der Waals surface area contributed by atoms with Crippen molar-refractivity contribution in [3.63, 3.8) is 0 Å². The fourth-order valence-electron chi connectivity index (χ4n) is 4.58. The molecule has 2 heterocycles. The van der Waals surface area contributed by atoms with Gasteiger partial charge in [-0.15, -0.1) is 0 Å². The number of aliphatic imine (C=N–C) groups is 1. The number of fused-ring (bicyclic) bond motifs is 1. The summed E-state index contributed by atoms with van der Waals surface area (Å²) in [5.74, 6) is 0.659. The van der Waals surface area contributed by atoms with Crippen molar-refractivity contribution in [2.75, 3.05) is 6.67 Å². The third kappa shape index (κ3) is 2.31. The molecule has 1 aromatic carbocycles. The van der Waals surface area contributed by atoms with E-state index in [2.05, 4.69) is 81.2 Å². The summed E-state index contributed by atoms with van der Waals surface area (Å²) in [4.78, 5) is 7.59. The topological polar surface area (TPSA) is 15.4 Å². The molecule has 1 aromatic rings. The Morgan fingerprint density at radius 1 is 1.17 bits per heavy atom. The van der Waals surface area contributed by atoms with Gasteiger partial charge in [0.2, 0.25) is 0 Å². The molecule has 2 aliphatic heterocycles. The maximum absolute atomic E-state index is 5.01. The third-order valence-corrected chi connectivity index (χ3v) is 6.50. The summed E-state index contributed by atoms with van der Waals surface area (Å²) in [6.07, 6.45) is 9.19. The molecule has 0 amide bonds. The van der Waals surface area contributed by atoms with Crippen LogP contribution < -0.4 is 0 Å². The minimum absolute atomic E-state index is 0.0188. The van der Waals surface area contributed by atoms with E-state index >= 15 is 0 Å². The zero-order valence-corrected chi connectivity index (χ0v) is 15.3. The Balaban J connectivity index is 1.56. The van der Waals surface area contributed by atoms with Gasteiger partial charge in [0.15, 0.2) is 0 Å². The lowest BCUT2D eigenvalue weighted by molar-refractivity contribution is 0.436. The predicted octanol–water partition coefficient (Wildman–Crippen LogP) is 4.73. The van der Waals surface area contributed by atoms with Crippen LogP contribution in [0.2, 0.25) is 0 Å². The zero-order chi connectivity index (χ0) is 16.9. The number of nitrogens with zero attached hydrogens (tertiary/aromatic N) is 2. The first-order valence-corrected chi connectivity index (χ1v) is 9.18. The van der Waals surface area contributed by atoms with Gasteiger partial charge in [-0.2, -0.15) is 0 Å². The number of hydrogen-bond acceptors (Lipinski definition) is 2. The van der Waals surface area contributed by atoms with E-state index < -0.39 is 0 Å². The number of benzene rings is 1. The van der Waals surface area contributed by atoms with Gasteiger partial charge in [-0.1, -0.05) is 69.3 Å². The fourth-order valence-corrected chi connectivity index (χ4v) is 4.58. The molecule has 24 heavy (non-hydrogen) atoms. The molecule has 0 bridgehead atoms. The second-order valence-electron chi connectivity index (χ2n) is 8.33. The van der Waals surface area contributed by atoms with Crippen LogP contribution in [0.5, 0.6) is 0 Å². The number of rotatable bonds is 3. The van der Waals surface area contributed by atoms with Gasteiger partial charge in [-0.25, -0.2) is 0 Å². The van der Waals surface area contributed by atoms with Crippen LogP contribution in [0, 0.1) is 5.92 Å². The molecule has 1 aliphatic carbocycles. The summed E-state index contributed by atoms with van der Waals surface area (Å²) in [6.45, 7) is 10.2. The summed E-state index contributed by atoms with van der Waals surface area (Å²) in [5, 5.41) is 0. The van der Waals surface area contributed by atoms with Crippen molar-refractivity contribution in [2.24, 2.45) is 10.9 Å². The highest BCUT2D eigenvalue weighted by Crippen LogP contribution is 2.53. The molecule has 2 nitrogen and oxygen atoms in total. The van der Waals surface area contributed by atoms with E-state index in [4.69, 9.17) is 4.99 Å². The van der Waals surface area contributed by atoms with Gasteiger partial charge in [0.1, 0.15) is 0 Å². The van der Waals surface area contributed by atoms with Gasteiger partial charge in [-0.05, 0) is 30.4 Å². The fraction of sp³-hybridized carbons (Fsp3) is 0.500. The van der Waals surface area contributed by atoms with Crippen LogP contribution in [0.25, 0.3) is 0 Å². The molecule has 4 unspecified atom stereocenters. The standard InChI is InChI=1S/C22H28N2/c1-16-9-8-12-18(13-16)22(4)20-14-19(23-15-24(20)22)21(2,3)17-10-6-5-7-11-17/h5-12,16,20H,13-15H2,1-4H3. The number of allylic oxidation sites excluding steroid dienone is 3. The first kappa shape index (κ1) is 15.8. The largest absolute Gasteiger partial charge is 0.277 e. The molecule has 0 N–H and O–H groups in total. The Bertz CT molecular complexity index is 726. The molecule has 0 radical (unpaired) electrons. The average Bonchev–Trinajstić information content (AvgIpc) is 3.21. The van der Waals surface area contributed by atoms with E-state index in [0.717, 1.165) is 13.1 Å². The minimum atomic E-state index is 0.0188. The van der Waals surface area contributed by atoms with Crippen LogP contribution >= 0.6 is 0 Å². The summed E-state index contributed by atoms with van der Waals surface area (Å²) in [6, 6.07) is 11.4. The summed E-state index contributed by atoms with van der Waals surface area (Å²) in [7, 11) is 0. The molecule has 0 aromatic heterocycles. The molecule has 4 atom stereocenters. The maximum atomic E-state index is 5.01. The van der Waals surface area contributed by atoms with Crippen molar-refractivity contribution in [3.8, 4) is 0 Å². The summed E-state index contributed by atoms with van der Waals surface area (Å²) < 4.78 is 0. The average molecular weight is 320 g/mol. The second-order valence-corrected chi connectivity index (χ2v) is 8.33. The van der Waals surface area contributed by atoms with Crippen molar-refractivity contribution in [3.05, 3.63) is 59.7 Å². The molecule has 2 heteroatoms. The van der Waals surface area contributed by atoms with Gasteiger partial charge in [0.25, 0.3) is 0 Å². The highest BCUT2D eigenvalue weighted by Gasteiger charge is 2.62. The highest BCUT2D eigenvalue weighted by molar-refractivity contribution is 5.96. The Morgan fingerprint density at radius 2 is 1.92 bits per heavy atom. The molecule has 3 aliphatic rings. The Labute approximate surface area is 146 Å². The van der Waals surface area contributed by atoms with Crippen LogP contribution in [0.15, 0.2) is 59.1 Å². The first-order chi connectivity index (χ1) is 11.4. The van der Waals surface area contributed by atoms with Crippen LogP contribution in [0.3, 0.4) is 0 Å². The van der Waals surface area contributed by atoms with Crippen LogP contribution in [-0.4, -0.2) is 28.9 Å². The molecule has 0 spiro atoms. The van der Waals surface area contributed by atoms with E-state index in [1.807, 2.05) is 0 Å². The first-order valence-electron chi connectivity index (χ1n) is 9.18. The molecule has 1 saturated heterocycles. The Kier molecular flexibility index (Phi) is 3.58. The molecular weight excluding hydrogens is 292 g/mol. The minimum Gasteiger partial charge on any atom is -0.277 e. The van der Waals surface area contributed by atoms with Crippen LogP contribution in [-0.2, 0) is 5.41 Å². The van der Waals surface area contributed by atoms with Crippen molar-refractivity contribution >= 4 is 5.71 Å². The van der Waals surface area contributed by atoms with E-state index in [1.165, 1.54) is 17.7 Å². The van der Waals surface area contributed by atoms with Gasteiger partial charge in [0, 0.05) is 23.6 Å². The Hall–Kier alpha value is -1.67. The molecule has 4 rings (SSSR count). The van der Waals surface area contributed by atoms with Crippen molar-refractivity contribution in [1.82, 2.24) is 4.90 Å². The van der Waals surface area contributed by atoms with Crippen molar-refractivity contribution in [2.45, 2.75) is 57.5 Å². The lowest BCUT2D eigenvalue weighted by Crippen LogP contribution is -2.33. The van der Waals surface area contributed by atoms with E-state index in [1.54, 1.807) is 5.57 Å². The zero-order valence-electron chi connectivity index (χ0n) is 15.3. The van der Waals surface area contributed by atoms with Gasteiger partial charge >= 0.3 is 0 Å². The van der Waals surface area contributed by atoms with Crippen molar-refractivity contribution < 1.29 is 0 Å². The van der Waals surface area contributed by atoms with E-state index in [9.17, 15) is 0 Å². The molecule has 126 valence electrons. The van der Waals surface area contributed by atoms with Gasteiger partial charge in [0.05, 0.1) is 12.2 Å². The quantitative estimate of drug-likeness (QED) is 0.735. The number of hydrogen-bond donors (Lipinski definition) is 0. The highest BCUT2D eigenvalue weighted by atomic mass is 15.4. The summed E-state index contributed by atoms with van der Waals surface area (Å²) >= 11 is 0. The lowest BCUT2D eigenvalue weighted by atomic mass is 9.76. The molecule has 1 fully saturated rings. The van der Waals surface area contributed by atoms with Crippen LogP contribution in [0.1, 0.15) is 46.1 Å². The summed E-state index contributed by atoms with van der Waals surface area (Å²) in [5.41, 5.74) is 4.56. The second kappa shape index (κ2) is 5.42. The van der Waals surface area contributed by atoms with E-state index in [-0.39, 0.29) is 11.0 Å². The van der Waals surface area contributed by atoms with Gasteiger partial charge in [-0.3, -0.25) is 9.89 Å². The maximum Gasteiger partial charge on any atom is 0.0919 e. The Morgan fingerprint density at radius 3 is 2.62 bits per heavy atom. The predicted molar refractivity (Wildman–Crippen MR) is 101 cm³/mol. The smallest absolute Gasteiger partial charge is 0.0919 e. The van der Waals surface area contributed by atoms with Crippen molar-refractivity contribution in [1.29, 1.82) is 0 Å². The molecular formula is C22H28N2. The van der Waals surface area contributed by atoms with Crippen LogP contribution in [0.4, 0.5) is 0 Å².